The number of rotatable bonds is 5. The lowest BCUT2D eigenvalue weighted by atomic mass is 10.2. The molecular weight excluding hydrogens is 324 g/mol. The van der Waals surface area contributed by atoms with E-state index in [1.165, 1.54) is 0 Å². The molecule has 0 saturated heterocycles. The van der Waals surface area contributed by atoms with Crippen molar-refractivity contribution in [3.63, 3.8) is 0 Å². The van der Waals surface area contributed by atoms with E-state index in [4.69, 9.17) is 4.74 Å². The minimum atomic E-state index is -4.28. The highest BCUT2D eigenvalue weighted by molar-refractivity contribution is 14.1. The van der Waals surface area contributed by atoms with E-state index < -0.39 is 24.7 Å². The molecule has 0 spiro atoms. The second-order valence-corrected chi connectivity index (χ2v) is 4.67. The van der Waals surface area contributed by atoms with E-state index in [1.807, 2.05) is 22.6 Å². The minimum Gasteiger partial charge on any atom is -0.461 e. The van der Waals surface area contributed by atoms with Gasteiger partial charge in [0.1, 0.15) is 10.0 Å². The van der Waals surface area contributed by atoms with Gasteiger partial charge in [-0.25, -0.2) is 0 Å². The Labute approximate surface area is 101 Å². The summed E-state index contributed by atoms with van der Waals surface area (Å²) in [4.78, 5) is 11.2. The Kier molecular flexibility index (Phi) is 6.54. The average Bonchev–Trinajstić information content (AvgIpc) is 2.13. The molecule has 6 heteroatoms. The summed E-state index contributed by atoms with van der Waals surface area (Å²) in [5.74, 6) is -0.561. The zero-order valence-corrected chi connectivity index (χ0v) is 10.8. The summed E-state index contributed by atoms with van der Waals surface area (Å²) in [6, 6.07) is 0. The smallest absolute Gasteiger partial charge is 0.392 e. The van der Waals surface area contributed by atoms with Gasteiger partial charge in [0.05, 0.1) is 6.42 Å². The van der Waals surface area contributed by atoms with Crippen molar-refractivity contribution in [2.45, 2.75) is 49.3 Å². The van der Waals surface area contributed by atoms with Crippen molar-refractivity contribution in [1.29, 1.82) is 0 Å². The van der Waals surface area contributed by atoms with Crippen molar-refractivity contribution in [1.82, 2.24) is 0 Å². The van der Waals surface area contributed by atoms with Gasteiger partial charge in [-0.05, 0) is 12.8 Å². The zero-order valence-electron chi connectivity index (χ0n) is 8.60. The summed E-state index contributed by atoms with van der Waals surface area (Å²) in [5.41, 5.74) is 0. The second kappa shape index (κ2) is 6.55. The van der Waals surface area contributed by atoms with Gasteiger partial charge in [-0.3, -0.25) is 4.79 Å². The molecule has 0 aliphatic heterocycles. The monoisotopic (exact) mass is 338 g/mol. The Morgan fingerprint density at radius 1 is 1.33 bits per heavy atom. The van der Waals surface area contributed by atoms with Crippen molar-refractivity contribution < 1.29 is 22.7 Å². The SMILES string of the molecule is CCC(CC(F)(F)F)OC(=O)C(I)CC. The first kappa shape index (κ1) is 15.0. The standard InChI is InChI=1S/C9H14F3IO2/c1-3-6(5-9(10,11)12)15-8(14)7(13)4-2/h6-7H,3-5H2,1-2H3. The Morgan fingerprint density at radius 3 is 2.20 bits per heavy atom. The molecule has 0 aromatic heterocycles. The highest BCUT2D eigenvalue weighted by Gasteiger charge is 2.33. The van der Waals surface area contributed by atoms with Gasteiger partial charge >= 0.3 is 12.1 Å². The van der Waals surface area contributed by atoms with Gasteiger partial charge in [0.25, 0.3) is 0 Å². The Balaban J connectivity index is 4.16. The predicted molar refractivity (Wildman–Crippen MR) is 58.9 cm³/mol. The molecule has 2 nitrogen and oxygen atoms in total. The molecule has 0 radical (unpaired) electrons. The summed E-state index contributed by atoms with van der Waals surface area (Å²) >= 11 is 1.86. The maximum atomic E-state index is 12.0. The number of hydrogen-bond acceptors (Lipinski definition) is 2. The molecular formula is C9H14F3IO2. The minimum absolute atomic E-state index is 0.179. The highest BCUT2D eigenvalue weighted by atomic mass is 127. The lowest BCUT2D eigenvalue weighted by Gasteiger charge is -2.19. The number of alkyl halides is 4. The predicted octanol–water partition coefficient (Wildman–Crippen LogP) is 3.47. The maximum absolute atomic E-state index is 12.0. The van der Waals surface area contributed by atoms with Gasteiger partial charge in [-0.1, -0.05) is 36.4 Å². The zero-order chi connectivity index (χ0) is 12.1. The Hall–Kier alpha value is -0.0100. The van der Waals surface area contributed by atoms with Gasteiger partial charge in [-0.15, -0.1) is 0 Å². The lowest BCUT2D eigenvalue weighted by Crippen LogP contribution is -2.28. The molecule has 0 heterocycles. The third-order valence-electron chi connectivity index (χ3n) is 1.81. The van der Waals surface area contributed by atoms with Crippen LogP contribution in [0.15, 0.2) is 0 Å². The van der Waals surface area contributed by atoms with Gasteiger partial charge in [0, 0.05) is 0 Å². The molecule has 0 bridgehead atoms. The molecule has 0 rings (SSSR count). The fraction of sp³-hybridized carbons (Fsp3) is 0.889. The molecule has 0 aromatic carbocycles. The molecule has 0 saturated carbocycles. The molecule has 15 heavy (non-hydrogen) atoms. The van der Waals surface area contributed by atoms with Crippen LogP contribution in [0, 0.1) is 0 Å². The molecule has 0 N–H and O–H groups in total. The lowest BCUT2D eigenvalue weighted by molar-refractivity contribution is -0.172. The second-order valence-electron chi connectivity index (χ2n) is 3.16. The first-order chi connectivity index (χ1) is 6.80. The fourth-order valence-corrected chi connectivity index (χ4v) is 1.08. The molecule has 0 aromatic rings. The van der Waals surface area contributed by atoms with Crippen LogP contribution < -0.4 is 0 Å². The first-order valence-electron chi connectivity index (χ1n) is 4.71. The number of esters is 1. The van der Waals surface area contributed by atoms with Crippen LogP contribution in [-0.4, -0.2) is 22.2 Å². The van der Waals surface area contributed by atoms with Crippen molar-refractivity contribution in [2.24, 2.45) is 0 Å². The number of ether oxygens (including phenoxy) is 1. The van der Waals surface area contributed by atoms with E-state index in [2.05, 4.69) is 0 Å². The molecule has 0 aliphatic rings. The quantitative estimate of drug-likeness (QED) is 0.436. The fourth-order valence-electron chi connectivity index (χ4n) is 0.932. The Morgan fingerprint density at radius 2 is 1.87 bits per heavy atom. The normalized spacial score (nSPS) is 15.9. The molecule has 0 aliphatic carbocycles. The van der Waals surface area contributed by atoms with E-state index in [-0.39, 0.29) is 10.3 Å². The van der Waals surface area contributed by atoms with E-state index >= 15 is 0 Å². The third-order valence-corrected chi connectivity index (χ3v) is 3.20. The van der Waals surface area contributed by atoms with Crippen LogP contribution in [0.1, 0.15) is 33.1 Å². The highest BCUT2D eigenvalue weighted by Crippen LogP contribution is 2.25. The van der Waals surface area contributed by atoms with Crippen LogP contribution in [-0.2, 0) is 9.53 Å². The van der Waals surface area contributed by atoms with E-state index in [1.54, 1.807) is 13.8 Å². The van der Waals surface area contributed by atoms with Crippen LogP contribution in [0.5, 0.6) is 0 Å². The van der Waals surface area contributed by atoms with Crippen molar-refractivity contribution >= 4 is 28.6 Å². The van der Waals surface area contributed by atoms with Crippen molar-refractivity contribution in [3.05, 3.63) is 0 Å². The average molecular weight is 338 g/mol. The van der Waals surface area contributed by atoms with Crippen LogP contribution in [0.3, 0.4) is 0 Å². The molecule has 90 valence electrons. The van der Waals surface area contributed by atoms with Crippen molar-refractivity contribution in [2.75, 3.05) is 0 Å². The van der Waals surface area contributed by atoms with Gasteiger partial charge in [0.2, 0.25) is 0 Å². The van der Waals surface area contributed by atoms with E-state index in [0.717, 1.165) is 0 Å². The van der Waals surface area contributed by atoms with E-state index in [0.29, 0.717) is 6.42 Å². The van der Waals surface area contributed by atoms with Crippen LogP contribution in [0.25, 0.3) is 0 Å². The Bertz CT molecular complexity index is 206. The van der Waals surface area contributed by atoms with Gasteiger partial charge < -0.3 is 4.74 Å². The summed E-state index contributed by atoms with van der Waals surface area (Å²) in [5, 5.41) is 0. The van der Waals surface area contributed by atoms with Crippen LogP contribution in [0.4, 0.5) is 13.2 Å². The molecule has 0 amide bonds. The third kappa shape index (κ3) is 6.97. The first-order valence-corrected chi connectivity index (χ1v) is 5.96. The topological polar surface area (TPSA) is 26.3 Å². The summed E-state index contributed by atoms with van der Waals surface area (Å²) in [7, 11) is 0. The van der Waals surface area contributed by atoms with Gasteiger partial charge in [0.15, 0.2) is 0 Å². The summed E-state index contributed by atoms with van der Waals surface area (Å²) < 4.78 is 40.5. The van der Waals surface area contributed by atoms with Gasteiger partial charge in [-0.2, -0.15) is 13.2 Å². The largest absolute Gasteiger partial charge is 0.461 e. The molecule has 2 unspecified atom stereocenters. The number of hydrogen-bond donors (Lipinski definition) is 0. The van der Waals surface area contributed by atoms with Crippen LogP contribution >= 0.6 is 22.6 Å². The number of carbonyl (C=O) groups excluding carboxylic acids is 1. The molecule has 2 atom stereocenters. The van der Waals surface area contributed by atoms with E-state index in [9.17, 15) is 18.0 Å². The maximum Gasteiger partial charge on any atom is 0.392 e. The number of halogens is 4. The molecule has 0 fully saturated rings. The number of carbonyl (C=O) groups is 1. The summed E-state index contributed by atoms with van der Waals surface area (Å²) in [6.45, 7) is 3.35. The van der Waals surface area contributed by atoms with Crippen molar-refractivity contribution in [3.8, 4) is 0 Å². The summed E-state index contributed by atoms with van der Waals surface area (Å²) in [6.07, 6.45) is -5.67. The van der Waals surface area contributed by atoms with Crippen LogP contribution in [0.2, 0.25) is 0 Å².